The molecule has 2 aromatic heterocycles. The van der Waals surface area contributed by atoms with E-state index in [1.807, 2.05) is 38.1 Å². The molecule has 1 N–H and O–H groups in total. The Labute approximate surface area is 222 Å². The normalized spacial score (nSPS) is 15.2. The lowest BCUT2D eigenvalue weighted by molar-refractivity contribution is -0.141. The first-order valence-electron chi connectivity index (χ1n) is 13.0. The zero-order chi connectivity index (χ0) is 27.2. The van der Waals surface area contributed by atoms with E-state index in [0.717, 1.165) is 30.0 Å². The Kier molecular flexibility index (Phi) is 8.73. The van der Waals surface area contributed by atoms with Gasteiger partial charge in [0, 0.05) is 43.7 Å². The first-order chi connectivity index (χ1) is 18.3. The summed E-state index contributed by atoms with van der Waals surface area (Å²) in [6, 6.07) is 7.69. The Morgan fingerprint density at radius 1 is 1.13 bits per heavy atom. The highest BCUT2D eigenvalue weighted by molar-refractivity contribution is 5.99. The molecule has 0 spiro atoms. The van der Waals surface area contributed by atoms with Crippen LogP contribution in [0.25, 0.3) is 10.8 Å². The molecule has 1 atom stereocenters. The second-order valence-corrected chi connectivity index (χ2v) is 9.89. The molecule has 3 aromatic rings. The predicted molar refractivity (Wildman–Crippen MR) is 143 cm³/mol. The largest absolute Gasteiger partial charge is 0.487 e. The third-order valence-corrected chi connectivity index (χ3v) is 6.38. The van der Waals surface area contributed by atoms with E-state index < -0.39 is 6.35 Å². The number of carbonyl (C=O) groups is 2. The number of benzene rings is 1. The van der Waals surface area contributed by atoms with Crippen LogP contribution in [0.4, 0.5) is 5.82 Å². The number of anilines is 1. The summed E-state index contributed by atoms with van der Waals surface area (Å²) >= 11 is 0. The third kappa shape index (κ3) is 6.19. The number of hydrogen-bond donors (Lipinski definition) is 1. The fourth-order valence-electron chi connectivity index (χ4n) is 4.47. The van der Waals surface area contributed by atoms with E-state index in [1.54, 1.807) is 24.3 Å². The van der Waals surface area contributed by atoms with Crippen molar-refractivity contribution in [3.05, 3.63) is 53.7 Å². The fourth-order valence-corrected chi connectivity index (χ4v) is 4.47. The summed E-state index contributed by atoms with van der Waals surface area (Å²) in [6.07, 6.45) is 5.32. The van der Waals surface area contributed by atoms with Crippen LogP contribution in [0.15, 0.2) is 36.7 Å². The Bertz CT molecular complexity index is 1290. The minimum Gasteiger partial charge on any atom is -0.487 e. The number of rotatable bonds is 11. The van der Waals surface area contributed by atoms with Crippen LogP contribution in [-0.2, 0) is 22.6 Å². The van der Waals surface area contributed by atoms with Gasteiger partial charge in [0.2, 0.25) is 6.35 Å². The van der Waals surface area contributed by atoms with Crippen LogP contribution in [0.1, 0.15) is 61.9 Å². The highest BCUT2D eigenvalue weighted by atomic mass is 16.5. The van der Waals surface area contributed by atoms with E-state index in [1.165, 1.54) is 11.8 Å². The number of unbranched alkanes of at least 4 members (excludes halogenated alkanes) is 2. The van der Waals surface area contributed by atoms with Gasteiger partial charge in [-0.2, -0.15) is 0 Å². The van der Waals surface area contributed by atoms with Crippen LogP contribution >= 0.6 is 0 Å². The minimum absolute atomic E-state index is 0.153. The molecular formula is C28H35N5O5. The SMILES string of the molecule is CC(=O)OCCCCCc1nc2c(nc1COc1cccc3cnccc13)N(CC(C)C)C(O)N(C)C2=O. The Morgan fingerprint density at radius 3 is 2.71 bits per heavy atom. The molecule has 1 aliphatic heterocycles. The number of aromatic nitrogens is 3. The zero-order valence-electron chi connectivity index (χ0n) is 22.4. The summed E-state index contributed by atoms with van der Waals surface area (Å²) in [7, 11) is 1.56. The summed E-state index contributed by atoms with van der Waals surface area (Å²) in [5, 5.41) is 12.7. The number of nitrogens with zero attached hydrogens (tertiary/aromatic N) is 5. The highest BCUT2D eigenvalue weighted by Gasteiger charge is 2.38. The molecule has 202 valence electrons. The van der Waals surface area contributed by atoms with Crippen molar-refractivity contribution in [2.24, 2.45) is 5.92 Å². The molecule has 10 nitrogen and oxygen atoms in total. The molecule has 0 radical (unpaired) electrons. The second kappa shape index (κ2) is 12.2. The number of carbonyl (C=O) groups excluding carboxylic acids is 2. The number of amides is 1. The molecule has 1 unspecified atom stereocenters. The molecular weight excluding hydrogens is 486 g/mol. The van der Waals surface area contributed by atoms with Gasteiger partial charge in [0.05, 0.1) is 12.3 Å². The average Bonchev–Trinajstić information content (AvgIpc) is 2.90. The number of aliphatic hydroxyl groups excluding tert-OH is 1. The first kappa shape index (κ1) is 27.3. The predicted octanol–water partition coefficient (Wildman–Crippen LogP) is 3.70. The molecule has 4 rings (SSSR count). The van der Waals surface area contributed by atoms with E-state index in [9.17, 15) is 14.7 Å². The van der Waals surface area contributed by atoms with Gasteiger partial charge in [-0.15, -0.1) is 0 Å². The van der Waals surface area contributed by atoms with Crippen LogP contribution in [0, 0.1) is 5.92 Å². The number of aliphatic hydroxyl groups is 1. The number of esters is 1. The monoisotopic (exact) mass is 521 g/mol. The Hall–Kier alpha value is -3.79. The Morgan fingerprint density at radius 2 is 1.95 bits per heavy atom. The maximum atomic E-state index is 13.1. The number of aryl methyl sites for hydroxylation is 1. The van der Waals surface area contributed by atoms with E-state index in [-0.39, 0.29) is 30.1 Å². The molecule has 1 aliphatic rings. The third-order valence-electron chi connectivity index (χ3n) is 6.38. The van der Waals surface area contributed by atoms with Gasteiger partial charge in [0.25, 0.3) is 5.91 Å². The maximum Gasteiger partial charge on any atom is 0.302 e. The molecule has 0 saturated carbocycles. The van der Waals surface area contributed by atoms with Crippen LogP contribution in [0.3, 0.4) is 0 Å². The lowest BCUT2D eigenvalue weighted by Gasteiger charge is -2.40. The van der Waals surface area contributed by atoms with Crippen molar-refractivity contribution in [2.45, 2.75) is 59.4 Å². The van der Waals surface area contributed by atoms with E-state index in [4.69, 9.17) is 19.4 Å². The molecule has 3 heterocycles. The van der Waals surface area contributed by atoms with Crippen LogP contribution in [0.2, 0.25) is 0 Å². The van der Waals surface area contributed by atoms with Crippen LogP contribution in [-0.4, -0.2) is 63.4 Å². The van der Waals surface area contributed by atoms with Gasteiger partial charge in [-0.3, -0.25) is 19.5 Å². The van der Waals surface area contributed by atoms with Crippen molar-refractivity contribution in [3.8, 4) is 5.75 Å². The zero-order valence-corrected chi connectivity index (χ0v) is 22.4. The molecule has 1 aromatic carbocycles. The smallest absolute Gasteiger partial charge is 0.302 e. The Balaban J connectivity index is 1.63. The van der Waals surface area contributed by atoms with Crippen molar-refractivity contribution in [1.82, 2.24) is 19.9 Å². The van der Waals surface area contributed by atoms with Gasteiger partial charge in [-0.25, -0.2) is 9.97 Å². The molecule has 0 saturated heterocycles. The van der Waals surface area contributed by atoms with Crippen molar-refractivity contribution >= 4 is 28.5 Å². The maximum absolute atomic E-state index is 13.1. The molecule has 1 amide bonds. The van der Waals surface area contributed by atoms with Gasteiger partial charge in [0.1, 0.15) is 18.1 Å². The summed E-state index contributed by atoms with van der Waals surface area (Å²) in [4.78, 5) is 40.9. The molecule has 0 aliphatic carbocycles. The van der Waals surface area contributed by atoms with Gasteiger partial charge >= 0.3 is 5.97 Å². The average molecular weight is 522 g/mol. The van der Waals surface area contributed by atoms with E-state index in [2.05, 4.69) is 4.98 Å². The minimum atomic E-state index is -1.13. The summed E-state index contributed by atoms with van der Waals surface area (Å²) in [6.45, 7) is 6.52. The van der Waals surface area contributed by atoms with Crippen molar-refractivity contribution in [3.63, 3.8) is 0 Å². The van der Waals surface area contributed by atoms with E-state index >= 15 is 0 Å². The lowest BCUT2D eigenvalue weighted by atomic mass is 10.1. The van der Waals surface area contributed by atoms with E-state index in [0.29, 0.717) is 42.5 Å². The summed E-state index contributed by atoms with van der Waals surface area (Å²) in [5.74, 6) is 0.636. The number of hydrogen-bond acceptors (Lipinski definition) is 9. The molecule has 0 fully saturated rings. The number of pyridine rings is 1. The van der Waals surface area contributed by atoms with Gasteiger partial charge in [-0.05, 0) is 43.7 Å². The van der Waals surface area contributed by atoms with Crippen molar-refractivity contribution < 1.29 is 24.2 Å². The van der Waals surface area contributed by atoms with Gasteiger partial charge < -0.3 is 19.5 Å². The molecule has 10 heteroatoms. The topological polar surface area (TPSA) is 118 Å². The summed E-state index contributed by atoms with van der Waals surface area (Å²) in [5.41, 5.74) is 1.53. The quantitative estimate of drug-likeness (QED) is 0.298. The standard InChI is InChI=1S/C28H35N5O5/c1-18(2)16-33-26-25(27(35)32(4)28(33)36)30-22(10-6-5-7-14-37-19(3)34)23(31-26)17-38-24-11-8-9-20-15-29-13-12-21(20)24/h8-9,11-13,15,18,28,36H,5-7,10,14,16-17H2,1-4H3. The molecule has 38 heavy (non-hydrogen) atoms. The van der Waals surface area contributed by atoms with Gasteiger partial charge in [0.15, 0.2) is 11.5 Å². The van der Waals surface area contributed by atoms with Crippen molar-refractivity contribution in [2.75, 3.05) is 25.1 Å². The van der Waals surface area contributed by atoms with Gasteiger partial charge in [-0.1, -0.05) is 26.0 Å². The number of ether oxygens (including phenoxy) is 2. The van der Waals surface area contributed by atoms with Crippen LogP contribution in [0.5, 0.6) is 5.75 Å². The lowest BCUT2D eigenvalue weighted by Crippen LogP contribution is -2.55. The fraction of sp³-hybridized carbons (Fsp3) is 0.464. The first-order valence-corrected chi connectivity index (χ1v) is 13.0. The second-order valence-electron chi connectivity index (χ2n) is 9.89. The highest BCUT2D eigenvalue weighted by Crippen LogP contribution is 2.30. The molecule has 0 bridgehead atoms. The van der Waals surface area contributed by atoms with Crippen molar-refractivity contribution in [1.29, 1.82) is 0 Å². The number of fused-ring (bicyclic) bond motifs is 2. The summed E-state index contributed by atoms with van der Waals surface area (Å²) < 4.78 is 11.3. The van der Waals surface area contributed by atoms with Crippen LogP contribution < -0.4 is 9.64 Å².